The zero-order valence-corrected chi connectivity index (χ0v) is 11.3. The number of fused-ring (bicyclic) bond motifs is 1. The van der Waals surface area contributed by atoms with E-state index in [1.807, 2.05) is 13.0 Å². The Bertz CT molecular complexity index is 693. The van der Waals surface area contributed by atoms with Crippen LogP contribution in [0.3, 0.4) is 0 Å². The minimum atomic E-state index is 0.839. The largest absolute Gasteiger partial charge is 0.381 e. The van der Waals surface area contributed by atoms with E-state index in [0.717, 1.165) is 35.6 Å². The van der Waals surface area contributed by atoms with Gasteiger partial charge in [-0.2, -0.15) is 0 Å². The van der Waals surface area contributed by atoms with Crippen molar-refractivity contribution < 1.29 is 0 Å². The maximum absolute atomic E-state index is 4.40. The number of rotatable bonds is 4. The molecule has 1 aromatic carbocycles. The Balaban J connectivity index is 1.73. The summed E-state index contributed by atoms with van der Waals surface area (Å²) < 4.78 is 2.18. The van der Waals surface area contributed by atoms with Crippen molar-refractivity contribution in [2.75, 3.05) is 5.32 Å². The van der Waals surface area contributed by atoms with E-state index in [-0.39, 0.29) is 0 Å². The summed E-state index contributed by atoms with van der Waals surface area (Å²) in [5.74, 6) is 0.951. The normalized spacial score (nSPS) is 11.1. The first-order valence-corrected chi connectivity index (χ1v) is 6.59. The molecule has 0 saturated carbocycles. The van der Waals surface area contributed by atoms with Gasteiger partial charge in [0, 0.05) is 31.2 Å². The number of aryl methyl sites for hydroxylation is 2. The first-order chi connectivity index (χ1) is 9.24. The minimum absolute atomic E-state index is 0.839. The van der Waals surface area contributed by atoms with Gasteiger partial charge in [-0.1, -0.05) is 0 Å². The molecule has 98 valence electrons. The minimum Gasteiger partial charge on any atom is -0.381 e. The maximum atomic E-state index is 4.40. The summed E-state index contributed by atoms with van der Waals surface area (Å²) in [7, 11) is 0. The number of H-pyrrole nitrogens is 1. The summed E-state index contributed by atoms with van der Waals surface area (Å²) in [6.45, 7) is 5.97. The predicted octanol–water partition coefficient (Wildman–Crippen LogP) is 3.30. The van der Waals surface area contributed by atoms with Gasteiger partial charge in [0.25, 0.3) is 0 Å². The lowest BCUT2D eigenvalue weighted by Gasteiger charge is -2.04. The molecule has 2 heterocycles. The lowest BCUT2D eigenvalue weighted by molar-refractivity contribution is 0.766. The van der Waals surface area contributed by atoms with Crippen molar-refractivity contribution in [3.8, 4) is 0 Å². The zero-order valence-electron chi connectivity index (χ0n) is 11.3. The van der Waals surface area contributed by atoms with Crippen LogP contribution in [-0.4, -0.2) is 14.5 Å². The fourth-order valence-corrected chi connectivity index (χ4v) is 2.24. The van der Waals surface area contributed by atoms with Crippen LogP contribution in [0.2, 0.25) is 0 Å². The predicted molar refractivity (Wildman–Crippen MR) is 78.3 cm³/mol. The van der Waals surface area contributed by atoms with Crippen molar-refractivity contribution in [3.63, 3.8) is 0 Å². The van der Waals surface area contributed by atoms with E-state index < -0.39 is 0 Å². The number of hydrogen-bond donors (Lipinski definition) is 2. The van der Waals surface area contributed by atoms with Gasteiger partial charge in [-0.25, -0.2) is 4.98 Å². The molecule has 19 heavy (non-hydrogen) atoms. The average Bonchev–Trinajstić information content (AvgIpc) is 3.00. The molecule has 2 aromatic heterocycles. The van der Waals surface area contributed by atoms with Crippen LogP contribution in [0.15, 0.2) is 36.7 Å². The molecule has 0 aliphatic heterocycles. The number of benzene rings is 1. The number of aromatic amines is 1. The van der Waals surface area contributed by atoms with Crippen molar-refractivity contribution in [3.05, 3.63) is 48.0 Å². The number of nitrogens with zero attached hydrogens (tertiary/aromatic N) is 2. The molecular formula is C15H18N4. The Hall–Kier alpha value is -2.23. The molecule has 0 saturated heterocycles. The lowest BCUT2D eigenvalue weighted by Crippen LogP contribution is -1.98. The van der Waals surface area contributed by atoms with Crippen LogP contribution < -0.4 is 5.32 Å². The van der Waals surface area contributed by atoms with Crippen LogP contribution in [-0.2, 0) is 13.1 Å². The summed E-state index contributed by atoms with van der Waals surface area (Å²) in [4.78, 5) is 7.66. The van der Waals surface area contributed by atoms with E-state index in [1.54, 1.807) is 0 Å². The van der Waals surface area contributed by atoms with Gasteiger partial charge in [-0.05, 0) is 43.7 Å². The summed E-state index contributed by atoms with van der Waals surface area (Å²) in [6.07, 6.45) is 4.28. The van der Waals surface area contributed by atoms with Crippen LogP contribution in [0.4, 0.5) is 5.69 Å². The Kier molecular flexibility index (Phi) is 2.99. The topological polar surface area (TPSA) is 45.6 Å². The van der Waals surface area contributed by atoms with Gasteiger partial charge < -0.3 is 14.9 Å². The first-order valence-electron chi connectivity index (χ1n) is 6.59. The van der Waals surface area contributed by atoms with Crippen molar-refractivity contribution in [2.24, 2.45) is 0 Å². The lowest BCUT2D eigenvalue weighted by atomic mass is 10.2. The van der Waals surface area contributed by atoms with Gasteiger partial charge in [0.2, 0.25) is 0 Å². The molecule has 0 atom stereocenters. The number of imidazole rings is 1. The Labute approximate surface area is 112 Å². The fourth-order valence-electron chi connectivity index (χ4n) is 2.24. The molecule has 2 N–H and O–H groups in total. The van der Waals surface area contributed by atoms with E-state index in [4.69, 9.17) is 0 Å². The molecule has 0 amide bonds. The summed E-state index contributed by atoms with van der Waals surface area (Å²) in [6, 6.07) is 8.36. The van der Waals surface area contributed by atoms with Crippen LogP contribution in [0, 0.1) is 6.92 Å². The number of hydrogen-bond acceptors (Lipinski definition) is 2. The molecule has 3 aromatic rings. The van der Waals surface area contributed by atoms with E-state index in [1.165, 1.54) is 5.56 Å². The number of anilines is 1. The van der Waals surface area contributed by atoms with Gasteiger partial charge in [0.1, 0.15) is 5.82 Å². The molecule has 0 spiro atoms. The molecule has 0 fully saturated rings. The summed E-state index contributed by atoms with van der Waals surface area (Å²) >= 11 is 0. The molecule has 4 nitrogen and oxygen atoms in total. The van der Waals surface area contributed by atoms with Crippen molar-refractivity contribution in [1.82, 2.24) is 14.5 Å². The van der Waals surface area contributed by atoms with Gasteiger partial charge in [-0.3, -0.25) is 0 Å². The first kappa shape index (κ1) is 11.8. The smallest absolute Gasteiger partial charge is 0.104 e. The average molecular weight is 254 g/mol. The van der Waals surface area contributed by atoms with Crippen LogP contribution >= 0.6 is 0 Å². The fraction of sp³-hybridized carbons (Fsp3) is 0.267. The molecule has 0 radical (unpaired) electrons. The van der Waals surface area contributed by atoms with Crippen molar-refractivity contribution in [1.29, 1.82) is 0 Å². The molecule has 0 aliphatic carbocycles. The number of nitrogens with one attached hydrogen (secondary N) is 2. The van der Waals surface area contributed by atoms with Crippen LogP contribution in [0.1, 0.15) is 18.3 Å². The molecule has 4 heteroatoms. The summed E-state index contributed by atoms with van der Waals surface area (Å²) in [5.41, 5.74) is 4.50. The quantitative estimate of drug-likeness (QED) is 0.750. The van der Waals surface area contributed by atoms with Gasteiger partial charge in [0.05, 0.1) is 11.0 Å². The van der Waals surface area contributed by atoms with Crippen LogP contribution in [0.5, 0.6) is 0 Å². The van der Waals surface area contributed by atoms with Gasteiger partial charge in [-0.15, -0.1) is 0 Å². The van der Waals surface area contributed by atoms with Crippen LogP contribution in [0.25, 0.3) is 11.0 Å². The molecule has 0 unspecified atom stereocenters. The second-order valence-electron chi connectivity index (χ2n) is 4.76. The summed E-state index contributed by atoms with van der Waals surface area (Å²) in [5, 5.41) is 3.44. The highest BCUT2D eigenvalue weighted by atomic mass is 14.9. The third-order valence-electron chi connectivity index (χ3n) is 3.27. The maximum Gasteiger partial charge on any atom is 0.104 e. The Morgan fingerprint density at radius 2 is 2.21 bits per heavy atom. The van der Waals surface area contributed by atoms with E-state index in [9.17, 15) is 0 Å². The monoisotopic (exact) mass is 254 g/mol. The van der Waals surface area contributed by atoms with E-state index in [2.05, 4.69) is 57.4 Å². The van der Waals surface area contributed by atoms with Gasteiger partial charge >= 0.3 is 0 Å². The second-order valence-corrected chi connectivity index (χ2v) is 4.76. The molecule has 3 rings (SSSR count). The van der Waals surface area contributed by atoms with Gasteiger partial charge in [0.15, 0.2) is 0 Å². The second kappa shape index (κ2) is 4.80. The zero-order chi connectivity index (χ0) is 13.2. The Morgan fingerprint density at radius 1 is 1.32 bits per heavy atom. The van der Waals surface area contributed by atoms with Crippen molar-refractivity contribution >= 4 is 16.7 Å². The molecule has 0 bridgehead atoms. The molecular weight excluding hydrogens is 236 g/mol. The third-order valence-corrected chi connectivity index (χ3v) is 3.27. The highest BCUT2D eigenvalue weighted by Crippen LogP contribution is 2.17. The highest BCUT2D eigenvalue weighted by Gasteiger charge is 2.01. The number of aromatic nitrogens is 3. The van der Waals surface area contributed by atoms with E-state index >= 15 is 0 Å². The SMILES string of the molecule is CCn1ccc(CNc2ccc3nc(C)[nH]c3c2)c1. The van der Waals surface area contributed by atoms with Crippen molar-refractivity contribution in [2.45, 2.75) is 26.9 Å². The van der Waals surface area contributed by atoms with E-state index in [0.29, 0.717) is 0 Å². The Morgan fingerprint density at radius 3 is 3.00 bits per heavy atom. The third kappa shape index (κ3) is 2.47. The standard InChI is InChI=1S/C15H18N4/c1-3-19-7-6-12(10-19)9-16-13-4-5-14-15(8-13)18-11(2)17-14/h4-8,10,16H,3,9H2,1-2H3,(H,17,18). The highest BCUT2D eigenvalue weighted by molar-refractivity contribution is 5.79. The molecule has 0 aliphatic rings.